The molecule has 7 heteroatoms. The lowest BCUT2D eigenvalue weighted by Crippen LogP contribution is -2.42. The lowest BCUT2D eigenvalue weighted by molar-refractivity contribution is 0.106. The van der Waals surface area contributed by atoms with Crippen molar-refractivity contribution in [3.63, 3.8) is 0 Å². The molecule has 6 nitrogen and oxygen atoms in total. The lowest BCUT2D eigenvalue weighted by atomic mass is 10.0. The average molecular weight is 265 g/mol. The second kappa shape index (κ2) is 6.65. The molecule has 0 aliphatic carbocycles. The van der Waals surface area contributed by atoms with Gasteiger partial charge in [0.1, 0.15) is 0 Å². The van der Waals surface area contributed by atoms with Gasteiger partial charge in [0.2, 0.25) is 0 Å². The van der Waals surface area contributed by atoms with Gasteiger partial charge in [-0.05, 0) is 26.3 Å². The number of nitrogens with one attached hydrogen (secondary N) is 1. The molecule has 2 atom stereocenters. The van der Waals surface area contributed by atoms with E-state index >= 15 is 0 Å². The van der Waals surface area contributed by atoms with Gasteiger partial charge in [0, 0.05) is 32.7 Å². The summed E-state index contributed by atoms with van der Waals surface area (Å²) < 4.78 is 33.0. The Hall–Kier alpha value is -0.210. The largest absolute Gasteiger partial charge is 0.378 e. The molecule has 0 bridgehead atoms. The number of rotatable bonds is 7. The Morgan fingerprint density at radius 1 is 1.53 bits per heavy atom. The van der Waals surface area contributed by atoms with Gasteiger partial charge in [0.05, 0.1) is 6.10 Å². The minimum Gasteiger partial charge on any atom is -0.378 e. The van der Waals surface area contributed by atoms with Crippen molar-refractivity contribution in [3.05, 3.63) is 0 Å². The Kier molecular flexibility index (Phi) is 5.81. The average Bonchev–Trinajstić information content (AvgIpc) is 2.69. The zero-order chi connectivity index (χ0) is 12.9. The first-order valence-corrected chi connectivity index (χ1v) is 7.44. The second-order valence-electron chi connectivity index (χ2n) is 4.44. The summed E-state index contributed by atoms with van der Waals surface area (Å²) in [6.45, 7) is 4.08. The van der Waals surface area contributed by atoms with E-state index in [1.807, 2.05) is 6.92 Å². The van der Waals surface area contributed by atoms with E-state index in [1.54, 1.807) is 7.05 Å². The molecule has 1 aliphatic rings. The molecular formula is C10H23N3O3S. The molecule has 1 rings (SSSR count). The molecule has 0 amide bonds. The van der Waals surface area contributed by atoms with Gasteiger partial charge < -0.3 is 10.5 Å². The summed E-state index contributed by atoms with van der Waals surface area (Å²) in [5.74, 6) is 0.271. The van der Waals surface area contributed by atoms with Crippen LogP contribution in [-0.2, 0) is 14.9 Å². The smallest absolute Gasteiger partial charge is 0.279 e. The van der Waals surface area contributed by atoms with Gasteiger partial charge in [-0.15, -0.1) is 0 Å². The van der Waals surface area contributed by atoms with Crippen LogP contribution in [0.2, 0.25) is 0 Å². The fourth-order valence-electron chi connectivity index (χ4n) is 1.80. The Morgan fingerprint density at radius 2 is 2.24 bits per heavy atom. The van der Waals surface area contributed by atoms with Gasteiger partial charge in [-0.1, -0.05) is 0 Å². The van der Waals surface area contributed by atoms with E-state index in [0.29, 0.717) is 26.1 Å². The highest BCUT2D eigenvalue weighted by molar-refractivity contribution is 7.87. The van der Waals surface area contributed by atoms with Gasteiger partial charge in [-0.25, -0.2) is 4.72 Å². The predicted molar refractivity (Wildman–Crippen MR) is 66.7 cm³/mol. The van der Waals surface area contributed by atoms with E-state index in [2.05, 4.69) is 4.72 Å². The summed E-state index contributed by atoms with van der Waals surface area (Å²) in [4.78, 5) is 0. The Bertz CT molecular complexity index is 321. The van der Waals surface area contributed by atoms with Crippen LogP contribution in [0.1, 0.15) is 19.8 Å². The van der Waals surface area contributed by atoms with Crippen LogP contribution < -0.4 is 10.5 Å². The van der Waals surface area contributed by atoms with Crippen molar-refractivity contribution in [2.45, 2.75) is 25.9 Å². The molecule has 1 fully saturated rings. The molecule has 0 aromatic heterocycles. The fraction of sp³-hybridized carbons (Fsp3) is 1.00. The van der Waals surface area contributed by atoms with Gasteiger partial charge in [0.15, 0.2) is 0 Å². The molecule has 1 heterocycles. The van der Waals surface area contributed by atoms with Crippen LogP contribution in [-0.4, -0.2) is 52.1 Å². The first-order valence-electron chi connectivity index (χ1n) is 6.00. The molecule has 0 aromatic rings. The highest BCUT2D eigenvalue weighted by Gasteiger charge is 2.26. The molecule has 0 saturated carbocycles. The van der Waals surface area contributed by atoms with Crippen molar-refractivity contribution < 1.29 is 13.2 Å². The zero-order valence-electron chi connectivity index (χ0n) is 10.6. The van der Waals surface area contributed by atoms with Crippen LogP contribution in [0.15, 0.2) is 0 Å². The van der Waals surface area contributed by atoms with Gasteiger partial charge in [-0.2, -0.15) is 12.7 Å². The maximum atomic E-state index is 11.8. The van der Waals surface area contributed by atoms with E-state index in [4.69, 9.17) is 10.5 Å². The minimum atomic E-state index is -3.37. The third-order valence-electron chi connectivity index (χ3n) is 3.15. The third-order valence-corrected chi connectivity index (χ3v) is 4.68. The topological polar surface area (TPSA) is 84.7 Å². The van der Waals surface area contributed by atoms with Crippen molar-refractivity contribution in [3.8, 4) is 0 Å². The van der Waals surface area contributed by atoms with Crippen LogP contribution in [0.4, 0.5) is 0 Å². The zero-order valence-corrected chi connectivity index (χ0v) is 11.4. The number of nitrogens with two attached hydrogens (primary N) is 1. The summed E-state index contributed by atoms with van der Waals surface area (Å²) in [7, 11) is -1.81. The quantitative estimate of drug-likeness (QED) is 0.651. The summed E-state index contributed by atoms with van der Waals surface area (Å²) >= 11 is 0. The Labute approximate surface area is 104 Å². The molecular weight excluding hydrogens is 242 g/mol. The van der Waals surface area contributed by atoms with Crippen LogP contribution in [0.3, 0.4) is 0 Å². The number of hydrogen-bond acceptors (Lipinski definition) is 4. The SMILES string of the molecule is CC1OCCC1CNS(=O)(=O)N(C)CCCN. The Balaban J connectivity index is 2.38. The molecule has 102 valence electrons. The van der Waals surface area contributed by atoms with E-state index in [-0.39, 0.29) is 12.0 Å². The van der Waals surface area contributed by atoms with Crippen molar-refractivity contribution in [1.29, 1.82) is 0 Å². The highest BCUT2D eigenvalue weighted by atomic mass is 32.2. The molecule has 1 aliphatic heterocycles. The van der Waals surface area contributed by atoms with Crippen LogP contribution in [0, 0.1) is 5.92 Å². The minimum absolute atomic E-state index is 0.132. The lowest BCUT2D eigenvalue weighted by Gasteiger charge is -2.20. The van der Waals surface area contributed by atoms with Crippen LogP contribution in [0.5, 0.6) is 0 Å². The molecule has 3 N–H and O–H groups in total. The molecule has 2 unspecified atom stereocenters. The molecule has 0 radical (unpaired) electrons. The van der Waals surface area contributed by atoms with Gasteiger partial charge in [0.25, 0.3) is 10.2 Å². The number of ether oxygens (including phenoxy) is 1. The van der Waals surface area contributed by atoms with Crippen molar-refractivity contribution in [1.82, 2.24) is 9.03 Å². The maximum Gasteiger partial charge on any atom is 0.279 e. The van der Waals surface area contributed by atoms with E-state index in [0.717, 1.165) is 13.0 Å². The first kappa shape index (κ1) is 14.8. The van der Waals surface area contributed by atoms with E-state index in [1.165, 1.54) is 4.31 Å². The van der Waals surface area contributed by atoms with Crippen LogP contribution >= 0.6 is 0 Å². The van der Waals surface area contributed by atoms with Crippen molar-refractivity contribution in [2.75, 3.05) is 33.3 Å². The van der Waals surface area contributed by atoms with Crippen molar-refractivity contribution >= 4 is 10.2 Å². The summed E-state index contributed by atoms with van der Waals surface area (Å²) in [6, 6.07) is 0. The Morgan fingerprint density at radius 3 is 2.76 bits per heavy atom. The monoisotopic (exact) mass is 265 g/mol. The predicted octanol–water partition coefficient (Wildman–Crippen LogP) is -0.474. The van der Waals surface area contributed by atoms with E-state index in [9.17, 15) is 8.42 Å². The van der Waals surface area contributed by atoms with Crippen molar-refractivity contribution in [2.24, 2.45) is 11.7 Å². The standard InChI is InChI=1S/C10H23N3O3S/c1-9-10(4-7-16-9)8-12-17(14,15)13(2)6-3-5-11/h9-10,12H,3-8,11H2,1-2H3. The highest BCUT2D eigenvalue weighted by Crippen LogP contribution is 2.19. The van der Waals surface area contributed by atoms with Gasteiger partial charge in [-0.3, -0.25) is 0 Å². The van der Waals surface area contributed by atoms with E-state index < -0.39 is 10.2 Å². The normalized spacial score (nSPS) is 25.6. The number of nitrogens with zero attached hydrogens (tertiary/aromatic N) is 1. The first-order chi connectivity index (χ1) is 7.97. The van der Waals surface area contributed by atoms with Crippen LogP contribution in [0.25, 0.3) is 0 Å². The summed E-state index contributed by atoms with van der Waals surface area (Å²) in [5, 5.41) is 0. The molecule has 17 heavy (non-hydrogen) atoms. The number of hydrogen-bond donors (Lipinski definition) is 2. The molecule has 0 spiro atoms. The summed E-state index contributed by atoms with van der Waals surface area (Å²) in [6.07, 6.45) is 1.71. The fourth-order valence-corrected chi connectivity index (χ4v) is 2.82. The maximum absolute atomic E-state index is 11.8. The summed E-state index contributed by atoms with van der Waals surface area (Å²) in [5.41, 5.74) is 5.35. The van der Waals surface area contributed by atoms with Gasteiger partial charge >= 0.3 is 0 Å². The molecule has 0 aromatic carbocycles. The third kappa shape index (κ3) is 4.51. The second-order valence-corrected chi connectivity index (χ2v) is 6.30. The molecule has 1 saturated heterocycles.